The molecule has 2 aromatic carbocycles. The Kier molecular flexibility index (Phi) is 7.38. The van der Waals surface area contributed by atoms with Crippen molar-refractivity contribution in [1.29, 1.82) is 0 Å². The first-order valence-electron chi connectivity index (χ1n) is 10.8. The fourth-order valence-electron chi connectivity index (χ4n) is 3.69. The number of anilines is 1. The minimum atomic E-state index is -3.50. The molecule has 0 aromatic heterocycles. The first-order chi connectivity index (χ1) is 14.7. The molecule has 1 heterocycles. The van der Waals surface area contributed by atoms with Gasteiger partial charge in [0, 0.05) is 18.8 Å². The van der Waals surface area contributed by atoms with Gasteiger partial charge in [-0.1, -0.05) is 51.8 Å². The first kappa shape index (κ1) is 23.3. The fraction of sp³-hybridized carbons (Fsp3) is 0.458. The van der Waals surface area contributed by atoms with Crippen LogP contribution in [0.1, 0.15) is 52.0 Å². The normalized spacial score (nSPS) is 15.8. The lowest BCUT2D eigenvalue weighted by atomic mass is 9.86. The van der Waals surface area contributed by atoms with E-state index in [0.717, 1.165) is 31.2 Å². The molecule has 0 bridgehead atoms. The number of benzene rings is 2. The van der Waals surface area contributed by atoms with Crippen molar-refractivity contribution < 1.29 is 17.9 Å². The van der Waals surface area contributed by atoms with E-state index in [1.165, 1.54) is 0 Å². The number of carbonyl (C=O) groups excluding carboxylic acids is 1. The average Bonchev–Trinajstić information content (AvgIpc) is 3.02. The van der Waals surface area contributed by atoms with Crippen molar-refractivity contribution in [2.45, 2.75) is 56.8 Å². The molecule has 2 aromatic rings. The zero-order chi connectivity index (χ0) is 22.5. The Morgan fingerprint density at radius 3 is 2.19 bits per heavy atom. The van der Waals surface area contributed by atoms with E-state index in [9.17, 15) is 13.2 Å². The van der Waals surface area contributed by atoms with E-state index in [-0.39, 0.29) is 22.8 Å². The number of sulfonamides is 1. The van der Waals surface area contributed by atoms with Gasteiger partial charge in [-0.3, -0.25) is 4.79 Å². The minimum Gasteiger partial charge on any atom is -0.483 e. The molecule has 0 radical (unpaired) electrons. The van der Waals surface area contributed by atoms with Crippen molar-refractivity contribution >= 4 is 21.6 Å². The number of nitrogens with zero attached hydrogens (tertiary/aromatic N) is 1. The smallest absolute Gasteiger partial charge is 0.262 e. The highest BCUT2D eigenvalue weighted by Crippen LogP contribution is 2.31. The van der Waals surface area contributed by atoms with Crippen molar-refractivity contribution in [3.05, 3.63) is 54.1 Å². The van der Waals surface area contributed by atoms with E-state index in [0.29, 0.717) is 24.5 Å². The van der Waals surface area contributed by atoms with Crippen LogP contribution >= 0.6 is 0 Å². The van der Waals surface area contributed by atoms with Crippen molar-refractivity contribution in [1.82, 2.24) is 4.31 Å². The van der Waals surface area contributed by atoms with Crippen LogP contribution in [0.3, 0.4) is 0 Å². The summed E-state index contributed by atoms with van der Waals surface area (Å²) in [4.78, 5) is 12.6. The largest absolute Gasteiger partial charge is 0.483 e. The molecule has 1 aliphatic heterocycles. The van der Waals surface area contributed by atoms with Gasteiger partial charge in [0.05, 0.1) is 4.90 Å². The van der Waals surface area contributed by atoms with Crippen molar-refractivity contribution in [3.8, 4) is 5.75 Å². The highest BCUT2D eigenvalue weighted by molar-refractivity contribution is 7.89. The molecule has 0 unspecified atom stereocenters. The highest BCUT2D eigenvalue weighted by Gasteiger charge is 2.25. The van der Waals surface area contributed by atoms with Crippen LogP contribution in [-0.4, -0.2) is 38.3 Å². The molecule has 1 N–H and O–H groups in total. The van der Waals surface area contributed by atoms with Gasteiger partial charge in [-0.05, 0) is 54.2 Å². The van der Waals surface area contributed by atoms with Gasteiger partial charge < -0.3 is 10.1 Å². The standard InChI is InChI=1S/C24H32N2O4S/c1-24(2,3)21-10-6-7-11-22(21)30-18-23(27)25-19-12-14-20(15-13-19)31(28,29)26-16-8-4-5-9-17-26/h6-7,10-15H,4-5,8-9,16-18H2,1-3H3,(H,25,27). The summed E-state index contributed by atoms with van der Waals surface area (Å²) in [5, 5.41) is 2.77. The molecule has 0 saturated carbocycles. The molecule has 3 rings (SSSR count). The highest BCUT2D eigenvalue weighted by atomic mass is 32.2. The number of para-hydroxylation sites is 1. The molecule has 1 aliphatic rings. The maximum Gasteiger partial charge on any atom is 0.262 e. The zero-order valence-corrected chi connectivity index (χ0v) is 19.4. The van der Waals surface area contributed by atoms with Crippen molar-refractivity contribution in [2.75, 3.05) is 25.0 Å². The van der Waals surface area contributed by atoms with Crippen LogP contribution in [0.2, 0.25) is 0 Å². The van der Waals surface area contributed by atoms with Crippen molar-refractivity contribution in [2.24, 2.45) is 0 Å². The molecule has 0 aliphatic carbocycles. The molecule has 6 nitrogen and oxygen atoms in total. The van der Waals surface area contributed by atoms with Crippen LogP contribution in [0.4, 0.5) is 5.69 Å². The van der Waals surface area contributed by atoms with Crippen LogP contribution in [0.25, 0.3) is 0 Å². The van der Waals surface area contributed by atoms with Gasteiger partial charge in [-0.15, -0.1) is 0 Å². The Morgan fingerprint density at radius 2 is 1.58 bits per heavy atom. The quantitative estimate of drug-likeness (QED) is 0.708. The number of nitrogens with one attached hydrogen (secondary N) is 1. The second kappa shape index (κ2) is 9.83. The van der Waals surface area contributed by atoms with Crippen LogP contribution < -0.4 is 10.1 Å². The summed E-state index contributed by atoms with van der Waals surface area (Å²) >= 11 is 0. The summed E-state index contributed by atoms with van der Waals surface area (Å²) in [5.74, 6) is 0.385. The first-order valence-corrected chi connectivity index (χ1v) is 12.2. The summed E-state index contributed by atoms with van der Waals surface area (Å²) < 4.78 is 33.0. The number of amides is 1. The summed E-state index contributed by atoms with van der Waals surface area (Å²) in [6.07, 6.45) is 3.93. The average molecular weight is 445 g/mol. The number of hydrogen-bond donors (Lipinski definition) is 1. The number of ether oxygens (including phenoxy) is 1. The summed E-state index contributed by atoms with van der Waals surface area (Å²) in [6, 6.07) is 14.0. The SMILES string of the molecule is CC(C)(C)c1ccccc1OCC(=O)Nc1ccc(S(=O)(=O)N2CCCCCC2)cc1. The third-order valence-corrected chi connectivity index (χ3v) is 7.31. The molecule has 0 spiro atoms. The van der Waals surface area contributed by atoms with Crippen LogP contribution in [0.15, 0.2) is 53.4 Å². The number of rotatable bonds is 6. The van der Waals surface area contributed by atoms with E-state index in [1.807, 2.05) is 24.3 Å². The third kappa shape index (κ3) is 6.08. The number of hydrogen-bond acceptors (Lipinski definition) is 4. The lowest BCUT2D eigenvalue weighted by molar-refractivity contribution is -0.118. The van der Waals surface area contributed by atoms with Gasteiger partial charge in [-0.2, -0.15) is 4.31 Å². The minimum absolute atomic E-state index is 0.0955. The van der Waals surface area contributed by atoms with Crippen LogP contribution in [-0.2, 0) is 20.2 Å². The fourth-order valence-corrected chi connectivity index (χ4v) is 5.21. The molecular formula is C24H32N2O4S. The Balaban J connectivity index is 1.61. The zero-order valence-electron chi connectivity index (χ0n) is 18.6. The molecule has 168 valence electrons. The van der Waals surface area contributed by atoms with Gasteiger partial charge in [0.2, 0.25) is 10.0 Å². The second-order valence-corrected chi connectivity index (χ2v) is 10.9. The number of carbonyl (C=O) groups is 1. The van der Waals surface area contributed by atoms with Gasteiger partial charge >= 0.3 is 0 Å². The Hall–Kier alpha value is -2.38. The van der Waals surface area contributed by atoms with E-state index in [1.54, 1.807) is 28.6 Å². The Bertz CT molecular complexity index is 987. The topological polar surface area (TPSA) is 75.7 Å². The Labute approximate surface area is 185 Å². The molecule has 1 fully saturated rings. The maximum absolute atomic E-state index is 12.9. The molecular weight excluding hydrogens is 412 g/mol. The Morgan fingerprint density at radius 1 is 0.968 bits per heavy atom. The van der Waals surface area contributed by atoms with Gasteiger partial charge in [0.15, 0.2) is 6.61 Å². The van der Waals surface area contributed by atoms with Crippen LogP contribution in [0.5, 0.6) is 5.75 Å². The monoisotopic (exact) mass is 444 g/mol. The maximum atomic E-state index is 12.9. The predicted octanol–water partition coefficient (Wildman–Crippen LogP) is 4.57. The second-order valence-electron chi connectivity index (χ2n) is 8.93. The molecule has 31 heavy (non-hydrogen) atoms. The third-order valence-electron chi connectivity index (χ3n) is 5.39. The van der Waals surface area contributed by atoms with E-state index < -0.39 is 10.0 Å². The molecule has 0 atom stereocenters. The molecule has 7 heteroatoms. The lowest BCUT2D eigenvalue weighted by Crippen LogP contribution is -2.31. The summed E-state index contributed by atoms with van der Waals surface area (Å²) in [6.45, 7) is 7.28. The molecule has 1 amide bonds. The van der Waals surface area contributed by atoms with E-state index in [2.05, 4.69) is 26.1 Å². The lowest BCUT2D eigenvalue weighted by Gasteiger charge is -2.22. The van der Waals surface area contributed by atoms with Gasteiger partial charge in [-0.25, -0.2) is 8.42 Å². The summed E-state index contributed by atoms with van der Waals surface area (Å²) in [7, 11) is -3.50. The van der Waals surface area contributed by atoms with Crippen molar-refractivity contribution in [3.63, 3.8) is 0 Å². The van der Waals surface area contributed by atoms with E-state index >= 15 is 0 Å². The predicted molar refractivity (Wildman–Crippen MR) is 123 cm³/mol. The molecule has 1 saturated heterocycles. The van der Waals surface area contributed by atoms with Gasteiger partial charge in [0.1, 0.15) is 5.75 Å². The summed E-state index contributed by atoms with van der Waals surface area (Å²) in [5.41, 5.74) is 1.47. The van der Waals surface area contributed by atoms with E-state index in [4.69, 9.17) is 4.74 Å². The van der Waals surface area contributed by atoms with Gasteiger partial charge in [0.25, 0.3) is 5.91 Å². The van der Waals surface area contributed by atoms with Crippen LogP contribution in [0, 0.1) is 0 Å².